The second-order valence-electron chi connectivity index (χ2n) is 3.98. The maximum atomic E-state index is 2.36. The third kappa shape index (κ3) is 1.88. The van der Waals surface area contributed by atoms with E-state index in [1.807, 2.05) is 0 Å². The van der Waals surface area contributed by atoms with Crippen LogP contribution in [0.3, 0.4) is 0 Å². The maximum absolute atomic E-state index is 2.36. The first-order valence-corrected chi connectivity index (χ1v) is 6.58. The molecule has 1 heteroatoms. The van der Waals surface area contributed by atoms with E-state index in [9.17, 15) is 0 Å². The molecule has 1 aliphatic rings. The lowest BCUT2D eigenvalue weighted by Crippen LogP contribution is -2.15. The summed E-state index contributed by atoms with van der Waals surface area (Å²) in [7, 11) is -0.187. The molecule has 0 amide bonds. The van der Waals surface area contributed by atoms with Crippen molar-refractivity contribution in [3.8, 4) is 0 Å². The molecule has 0 atom stereocenters. The van der Waals surface area contributed by atoms with Crippen LogP contribution in [0.25, 0.3) is 0 Å². The number of allylic oxidation sites excluding steroid dienone is 4. The average Bonchev–Trinajstić information content (AvgIpc) is 2.52. The number of hydrogen-bond donors (Lipinski definition) is 0. The van der Waals surface area contributed by atoms with Gasteiger partial charge in [0, 0.05) is 0 Å². The van der Waals surface area contributed by atoms with Crippen LogP contribution in [0, 0.1) is 0 Å². The van der Waals surface area contributed by atoms with Crippen molar-refractivity contribution < 1.29 is 0 Å². The zero-order valence-electron chi connectivity index (χ0n) is 8.88. The first-order chi connectivity index (χ1) is 6.77. The SMILES string of the molecule is CC1=CCC([SiH2]c2ccccc2)=C1C. The van der Waals surface area contributed by atoms with Gasteiger partial charge in [-0.3, -0.25) is 0 Å². The molecule has 0 radical (unpaired) electrons. The van der Waals surface area contributed by atoms with Crippen LogP contribution in [0.4, 0.5) is 0 Å². The fraction of sp³-hybridized carbons (Fsp3) is 0.231. The third-order valence-electron chi connectivity index (χ3n) is 3.04. The smallest absolute Gasteiger partial charge is 0.0777 e. The second-order valence-corrected chi connectivity index (χ2v) is 6.01. The van der Waals surface area contributed by atoms with Crippen molar-refractivity contribution in [1.29, 1.82) is 0 Å². The van der Waals surface area contributed by atoms with Crippen LogP contribution in [0.1, 0.15) is 20.3 Å². The van der Waals surface area contributed by atoms with Gasteiger partial charge in [0.15, 0.2) is 0 Å². The predicted molar refractivity (Wildman–Crippen MR) is 65.7 cm³/mol. The second kappa shape index (κ2) is 3.97. The Morgan fingerprint density at radius 3 is 2.36 bits per heavy atom. The van der Waals surface area contributed by atoms with Gasteiger partial charge in [0.2, 0.25) is 0 Å². The van der Waals surface area contributed by atoms with E-state index >= 15 is 0 Å². The van der Waals surface area contributed by atoms with Gasteiger partial charge in [-0.25, -0.2) is 0 Å². The fourth-order valence-electron chi connectivity index (χ4n) is 1.91. The zero-order valence-corrected chi connectivity index (χ0v) is 10.3. The summed E-state index contributed by atoms with van der Waals surface area (Å²) in [6.45, 7) is 4.49. The Bertz CT molecular complexity index is 385. The topological polar surface area (TPSA) is 0 Å². The largest absolute Gasteiger partial charge is 0.0831 e. The lowest BCUT2D eigenvalue weighted by Gasteiger charge is -2.04. The molecule has 0 aromatic heterocycles. The van der Waals surface area contributed by atoms with Crippen LogP contribution >= 0.6 is 0 Å². The Balaban J connectivity index is 2.15. The molecule has 0 spiro atoms. The summed E-state index contributed by atoms with van der Waals surface area (Å²) < 4.78 is 0. The number of rotatable bonds is 2. The lowest BCUT2D eigenvalue weighted by atomic mass is 10.2. The summed E-state index contributed by atoms with van der Waals surface area (Å²) in [5.74, 6) is 0. The van der Waals surface area contributed by atoms with E-state index in [-0.39, 0.29) is 9.52 Å². The molecular formula is C13H16Si. The van der Waals surface area contributed by atoms with Gasteiger partial charge < -0.3 is 0 Å². The van der Waals surface area contributed by atoms with E-state index in [1.165, 1.54) is 12.0 Å². The summed E-state index contributed by atoms with van der Waals surface area (Å²) in [5, 5.41) is 3.28. The Morgan fingerprint density at radius 2 is 1.79 bits per heavy atom. The Hall–Kier alpha value is -1.08. The highest BCUT2D eigenvalue weighted by atomic mass is 28.2. The van der Waals surface area contributed by atoms with Crippen molar-refractivity contribution >= 4 is 14.7 Å². The van der Waals surface area contributed by atoms with Gasteiger partial charge in [0.05, 0.1) is 9.52 Å². The van der Waals surface area contributed by atoms with Crippen LogP contribution in [0.5, 0.6) is 0 Å². The molecule has 0 nitrogen and oxygen atoms in total. The van der Waals surface area contributed by atoms with Gasteiger partial charge in [0.25, 0.3) is 0 Å². The highest BCUT2D eigenvalue weighted by Crippen LogP contribution is 2.23. The summed E-state index contributed by atoms with van der Waals surface area (Å²) in [5.41, 5.74) is 3.05. The van der Waals surface area contributed by atoms with Crippen molar-refractivity contribution in [2.24, 2.45) is 0 Å². The van der Waals surface area contributed by atoms with Crippen molar-refractivity contribution in [3.05, 3.63) is 52.8 Å². The molecule has 0 saturated carbocycles. The number of benzene rings is 1. The standard InChI is InChI=1S/C13H16Si/c1-10-8-9-13(11(10)2)14-12-6-4-3-5-7-12/h3-8H,9,14H2,1-2H3. The van der Waals surface area contributed by atoms with Gasteiger partial charge in [-0.1, -0.05) is 57.9 Å². The molecule has 0 unspecified atom stereocenters. The van der Waals surface area contributed by atoms with Crippen LogP contribution in [-0.2, 0) is 0 Å². The molecule has 0 bridgehead atoms. The Kier molecular flexibility index (Phi) is 2.68. The van der Waals surface area contributed by atoms with Crippen molar-refractivity contribution in [1.82, 2.24) is 0 Å². The van der Waals surface area contributed by atoms with Crippen LogP contribution in [0.15, 0.2) is 52.8 Å². The molecule has 2 rings (SSSR count). The normalized spacial score (nSPS) is 16.9. The molecule has 1 aliphatic carbocycles. The minimum absolute atomic E-state index is 0.187. The van der Waals surface area contributed by atoms with E-state index in [0.29, 0.717) is 0 Å². The monoisotopic (exact) mass is 200 g/mol. The fourth-order valence-corrected chi connectivity index (χ4v) is 3.74. The van der Waals surface area contributed by atoms with Crippen LogP contribution in [-0.4, -0.2) is 9.52 Å². The maximum Gasteiger partial charge on any atom is 0.0831 e. The quantitative estimate of drug-likeness (QED) is 0.641. The van der Waals surface area contributed by atoms with Crippen LogP contribution in [0.2, 0.25) is 0 Å². The highest BCUT2D eigenvalue weighted by Gasteiger charge is 2.10. The number of hydrogen-bond acceptors (Lipinski definition) is 0. The molecule has 0 aliphatic heterocycles. The molecule has 0 saturated heterocycles. The van der Waals surface area contributed by atoms with E-state index < -0.39 is 0 Å². The zero-order chi connectivity index (χ0) is 9.97. The van der Waals surface area contributed by atoms with Gasteiger partial charge >= 0.3 is 0 Å². The van der Waals surface area contributed by atoms with Crippen molar-refractivity contribution in [2.75, 3.05) is 0 Å². The minimum Gasteiger partial charge on any atom is -0.0777 e. The summed E-state index contributed by atoms with van der Waals surface area (Å²) in [4.78, 5) is 0. The first kappa shape index (κ1) is 9.47. The van der Waals surface area contributed by atoms with E-state index in [2.05, 4.69) is 50.3 Å². The highest BCUT2D eigenvalue weighted by molar-refractivity contribution is 6.61. The summed E-state index contributed by atoms with van der Waals surface area (Å²) in [6, 6.07) is 10.9. The van der Waals surface area contributed by atoms with Crippen molar-refractivity contribution in [2.45, 2.75) is 20.3 Å². The van der Waals surface area contributed by atoms with E-state index in [1.54, 1.807) is 16.0 Å². The van der Waals surface area contributed by atoms with Gasteiger partial charge in [-0.2, -0.15) is 0 Å². The van der Waals surface area contributed by atoms with Gasteiger partial charge in [-0.15, -0.1) is 0 Å². The van der Waals surface area contributed by atoms with Gasteiger partial charge in [0.1, 0.15) is 0 Å². The van der Waals surface area contributed by atoms with E-state index in [0.717, 1.165) is 0 Å². The van der Waals surface area contributed by atoms with Gasteiger partial charge in [-0.05, 0) is 20.3 Å². The minimum atomic E-state index is -0.187. The Morgan fingerprint density at radius 1 is 1.07 bits per heavy atom. The molecule has 1 aromatic rings. The predicted octanol–water partition coefficient (Wildman–Crippen LogP) is 2.10. The molecule has 72 valence electrons. The van der Waals surface area contributed by atoms with E-state index in [4.69, 9.17) is 0 Å². The Labute approximate surface area is 88.2 Å². The molecule has 0 N–H and O–H groups in total. The first-order valence-electron chi connectivity index (χ1n) is 5.17. The van der Waals surface area contributed by atoms with Crippen LogP contribution < -0.4 is 5.19 Å². The molecule has 1 aromatic carbocycles. The molecular weight excluding hydrogens is 184 g/mol. The molecule has 14 heavy (non-hydrogen) atoms. The lowest BCUT2D eigenvalue weighted by molar-refractivity contribution is 1.36. The average molecular weight is 200 g/mol. The third-order valence-corrected chi connectivity index (χ3v) is 5.16. The molecule has 0 fully saturated rings. The van der Waals surface area contributed by atoms with Crippen molar-refractivity contribution in [3.63, 3.8) is 0 Å². The summed E-state index contributed by atoms with van der Waals surface area (Å²) >= 11 is 0. The molecule has 0 heterocycles. The summed E-state index contributed by atoms with van der Waals surface area (Å²) in [6.07, 6.45) is 3.57.